The Hall–Kier alpha value is -1.64. The topological polar surface area (TPSA) is 12.4 Å². The molecule has 20 heavy (non-hydrogen) atoms. The molecule has 0 aliphatic heterocycles. The summed E-state index contributed by atoms with van der Waals surface area (Å²) in [6, 6.07) is 20.2. The molecule has 0 saturated heterocycles. The molecule has 0 aliphatic carbocycles. The van der Waals surface area contributed by atoms with E-state index in [1.807, 2.05) is 42.6 Å². The molecule has 98 valence electrons. The summed E-state index contributed by atoms with van der Waals surface area (Å²) >= 11 is 9.44. The smallest absolute Gasteiger partial charge is 0.0645 e. The number of hydrogen-bond donors (Lipinski definition) is 0. The Bertz CT molecular complexity index is 791. The van der Waals surface area contributed by atoms with Crippen molar-refractivity contribution in [2.24, 2.45) is 4.99 Å². The first-order valence-electron chi connectivity index (χ1n) is 6.21. The van der Waals surface area contributed by atoms with Crippen LogP contribution < -0.4 is 0 Å². The Morgan fingerprint density at radius 2 is 1.75 bits per heavy atom. The van der Waals surface area contributed by atoms with Crippen LogP contribution >= 0.6 is 27.5 Å². The van der Waals surface area contributed by atoms with Crippen molar-refractivity contribution >= 4 is 50.2 Å². The summed E-state index contributed by atoms with van der Waals surface area (Å²) in [4.78, 5) is 4.50. The molecule has 0 fully saturated rings. The van der Waals surface area contributed by atoms with E-state index in [2.05, 4.69) is 45.2 Å². The lowest BCUT2D eigenvalue weighted by atomic mass is 10.1. The normalized spacial score (nSPS) is 11.3. The van der Waals surface area contributed by atoms with E-state index in [0.717, 1.165) is 15.7 Å². The van der Waals surface area contributed by atoms with Gasteiger partial charge >= 0.3 is 0 Å². The second kappa shape index (κ2) is 5.78. The van der Waals surface area contributed by atoms with E-state index in [9.17, 15) is 0 Å². The number of benzene rings is 3. The molecule has 0 unspecified atom stereocenters. The highest BCUT2D eigenvalue weighted by Gasteiger charge is 1.99. The fraction of sp³-hybridized carbons (Fsp3) is 0. The Balaban J connectivity index is 2.00. The van der Waals surface area contributed by atoms with Gasteiger partial charge in [0, 0.05) is 16.3 Å². The van der Waals surface area contributed by atoms with Gasteiger partial charge in [-0.05, 0) is 44.9 Å². The maximum Gasteiger partial charge on any atom is 0.0645 e. The predicted molar refractivity (Wildman–Crippen MR) is 90.4 cm³/mol. The first-order chi connectivity index (χ1) is 9.74. The van der Waals surface area contributed by atoms with Crippen LogP contribution in [0.4, 0.5) is 5.69 Å². The molecule has 1 nitrogen and oxygen atoms in total. The lowest BCUT2D eigenvalue weighted by molar-refractivity contribution is 1.51. The molecule has 0 aliphatic rings. The fourth-order valence-electron chi connectivity index (χ4n) is 2.07. The maximum atomic E-state index is 6.07. The zero-order chi connectivity index (χ0) is 13.9. The van der Waals surface area contributed by atoms with Gasteiger partial charge < -0.3 is 0 Å². The van der Waals surface area contributed by atoms with Crippen LogP contribution in [0.1, 0.15) is 5.56 Å². The second-order valence-corrected chi connectivity index (χ2v) is 5.69. The largest absolute Gasteiger partial charge is 0.256 e. The Kier molecular flexibility index (Phi) is 3.86. The van der Waals surface area contributed by atoms with Crippen molar-refractivity contribution in [3.8, 4) is 0 Å². The number of fused-ring (bicyclic) bond motifs is 1. The van der Waals surface area contributed by atoms with Crippen LogP contribution in [0.3, 0.4) is 0 Å². The van der Waals surface area contributed by atoms with Crippen LogP contribution in [-0.4, -0.2) is 6.21 Å². The molecular weight excluding hydrogens is 334 g/mol. The van der Waals surface area contributed by atoms with Crippen LogP contribution in [0.25, 0.3) is 10.8 Å². The van der Waals surface area contributed by atoms with E-state index in [4.69, 9.17) is 11.6 Å². The number of hydrogen-bond acceptors (Lipinski definition) is 1. The minimum absolute atomic E-state index is 0.664. The fourth-order valence-corrected chi connectivity index (χ4v) is 2.49. The van der Waals surface area contributed by atoms with E-state index in [1.165, 1.54) is 10.8 Å². The third kappa shape index (κ3) is 2.77. The van der Waals surface area contributed by atoms with Crippen LogP contribution in [0.2, 0.25) is 5.02 Å². The summed E-state index contributed by atoms with van der Waals surface area (Å²) in [7, 11) is 0. The van der Waals surface area contributed by atoms with Gasteiger partial charge in [-0.2, -0.15) is 0 Å². The molecule has 0 spiro atoms. The van der Waals surface area contributed by atoms with E-state index >= 15 is 0 Å². The Morgan fingerprint density at radius 1 is 0.950 bits per heavy atom. The number of aliphatic imine (C=N–C) groups is 1. The van der Waals surface area contributed by atoms with Gasteiger partial charge in [-0.25, -0.2) is 0 Å². The zero-order valence-electron chi connectivity index (χ0n) is 10.6. The molecule has 0 heterocycles. The highest BCUT2D eigenvalue weighted by atomic mass is 79.9. The number of halogens is 2. The monoisotopic (exact) mass is 343 g/mol. The zero-order valence-corrected chi connectivity index (χ0v) is 12.9. The minimum atomic E-state index is 0.664. The number of nitrogens with zero attached hydrogens (tertiary/aromatic N) is 1. The van der Waals surface area contributed by atoms with Gasteiger partial charge in [0.2, 0.25) is 0 Å². The molecule has 3 aromatic rings. The summed E-state index contributed by atoms with van der Waals surface area (Å²) < 4.78 is 0.878. The van der Waals surface area contributed by atoms with Crippen molar-refractivity contribution in [3.63, 3.8) is 0 Å². The third-order valence-electron chi connectivity index (χ3n) is 3.08. The molecule has 3 heteroatoms. The van der Waals surface area contributed by atoms with E-state index in [0.29, 0.717) is 5.02 Å². The van der Waals surface area contributed by atoms with Crippen LogP contribution in [0.5, 0.6) is 0 Å². The van der Waals surface area contributed by atoms with Gasteiger partial charge in [-0.15, -0.1) is 0 Å². The van der Waals surface area contributed by atoms with Crippen molar-refractivity contribution in [3.05, 3.63) is 75.7 Å². The molecule has 0 atom stereocenters. The average Bonchev–Trinajstić information content (AvgIpc) is 2.48. The number of rotatable bonds is 2. The molecular formula is C17H11BrClN. The summed E-state index contributed by atoms with van der Waals surface area (Å²) in [5.41, 5.74) is 1.94. The van der Waals surface area contributed by atoms with Gasteiger partial charge in [0.1, 0.15) is 0 Å². The summed E-state index contributed by atoms with van der Waals surface area (Å²) in [6.45, 7) is 0. The molecule has 3 rings (SSSR count). The molecule has 0 radical (unpaired) electrons. The highest BCUT2D eigenvalue weighted by Crippen LogP contribution is 2.27. The Morgan fingerprint density at radius 3 is 2.60 bits per heavy atom. The van der Waals surface area contributed by atoms with Gasteiger partial charge in [-0.1, -0.05) is 54.1 Å². The van der Waals surface area contributed by atoms with Crippen molar-refractivity contribution in [2.75, 3.05) is 0 Å². The third-order valence-corrected chi connectivity index (χ3v) is 4.31. The van der Waals surface area contributed by atoms with Crippen molar-refractivity contribution in [2.45, 2.75) is 0 Å². The first kappa shape index (κ1) is 13.3. The van der Waals surface area contributed by atoms with E-state index in [1.54, 1.807) is 0 Å². The maximum absolute atomic E-state index is 6.07. The van der Waals surface area contributed by atoms with Gasteiger partial charge in [0.15, 0.2) is 0 Å². The first-order valence-corrected chi connectivity index (χ1v) is 7.38. The molecule has 0 saturated carbocycles. The minimum Gasteiger partial charge on any atom is -0.256 e. The quantitative estimate of drug-likeness (QED) is 0.505. The second-order valence-electron chi connectivity index (χ2n) is 4.42. The van der Waals surface area contributed by atoms with Crippen LogP contribution in [-0.2, 0) is 0 Å². The molecule has 0 aromatic heterocycles. The summed E-state index contributed by atoms with van der Waals surface area (Å²) in [5.74, 6) is 0. The van der Waals surface area contributed by atoms with E-state index in [-0.39, 0.29) is 0 Å². The molecule has 0 N–H and O–H groups in total. The van der Waals surface area contributed by atoms with Gasteiger partial charge in [-0.3, -0.25) is 4.99 Å². The molecule has 0 amide bonds. The van der Waals surface area contributed by atoms with Crippen molar-refractivity contribution in [1.29, 1.82) is 0 Å². The SMILES string of the molecule is Clc1cc(N=Cc2cccc3ccccc23)ccc1Br. The molecule has 0 bridgehead atoms. The van der Waals surface area contributed by atoms with Gasteiger partial charge in [0.25, 0.3) is 0 Å². The summed E-state index contributed by atoms with van der Waals surface area (Å²) in [6.07, 6.45) is 1.88. The lowest BCUT2D eigenvalue weighted by Gasteiger charge is -2.02. The standard InChI is InChI=1S/C17H11BrClN/c18-16-9-8-14(10-17(16)19)20-11-13-6-3-5-12-4-1-2-7-15(12)13/h1-11H. The average molecular weight is 345 g/mol. The van der Waals surface area contributed by atoms with Crippen LogP contribution in [0.15, 0.2) is 70.1 Å². The lowest BCUT2D eigenvalue weighted by Crippen LogP contribution is -1.83. The van der Waals surface area contributed by atoms with E-state index < -0.39 is 0 Å². The van der Waals surface area contributed by atoms with Crippen molar-refractivity contribution in [1.82, 2.24) is 0 Å². The highest BCUT2D eigenvalue weighted by molar-refractivity contribution is 9.10. The molecule has 3 aromatic carbocycles. The van der Waals surface area contributed by atoms with Crippen molar-refractivity contribution < 1.29 is 0 Å². The summed E-state index contributed by atoms with van der Waals surface area (Å²) in [5, 5.41) is 3.07. The predicted octanol–water partition coefficient (Wildman–Crippen LogP) is 6.01. The van der Waals surface area contributed by atoms with Crippen LogP contribution in [0, 0.1) is 0 Å². The van der Waals surface area contributed by atoms with Gasteiger partial charge in [0.05, 0.1) is 10.7 Å². The Labute approximate surface area is 131 Å².